The number of imidazole rings is 1. The summed E-state index contributed by atoms with van der Waals surface area (Å²) in [5.74, 6) is 1.01. The molecule has 0 aliphatic rings. The second-order valence-electron chi connectivity index (χ2n) is 3.04. The maximum absolute atomic E-state index is 4.40. The summed E-state index contributed by atoms with van der Waals surface area (Å²) in [7, 11) is 6.03. The molecule has 1 rings (SSSR count). The standard InChI is InChI=1S/C8H15N3/c1-6-7(2)11(5)8(9-6)10(3)4/h1-5H3. The molecule has 0 atom stereocenters. The maximum atomic E-state index is 4.40. The van der Waals surface area contributed by atoms with Gasteiger partial charge in [0, 0.05) is 26.8 Å². The highest BCUT2D eigenvalue weighted by Crippen LogP contribution is 2.13. The minimum Gasteiger partial charge on any atom is -0.348 e. The molecule has 1 aromatic heterocycles. The van der Waals surface area contributed by atoms with Crippen molar-refractivity contribution in [1.82, 2.24) is 9.55 Å². The smallest absolute Gasteiger partial charge is 0.205 e. The number of aromatic nitrogens is 2. The van der Waals surface area contributed by atoms with Gasteiger partial charge in [-0.2, -0.15) is 0 Å². The van der Waals surface area contributed by atoms with E-state index in [0.717, 1.165) is 11.6 Å². The van der Waals surface area contributed by atoms with Gasteiger partial charge in [0.2, 0.25) is 5.95 Å². The first-order valence-corrected chi connectivity index (χ1v) is 3.71. The van der Waals surface area contributed by atoms with Gasteiger partial charge in [0.1, 0.15) is 0 Å². The SMILES string of the molecule is Cc1nc(N(C)C)n(C)c1C. The molecule has 0 aliphatic heterocycles. The van der Waals surface area contributed by atoms with E-state index in [0.29, 0.717) is 0 Å². The Bertz CT molecular complexity index is 261. The van der Waals surface area contributed by atoms with E-state index >= 15 is 0 Å². The second kappa shape index (κ2) is 2.57. The predicted molar refractivity (Wildman–Crippen MR) is 47.0 cm³/mol. The number of nitrogens with zero attached hydrogens (tertiary/aromatic N) is 3. The van der Waals surface area contributed by atoms with Crippen molar-refractivity contribution in [2.24, 2.45) is 7.05 Å². The lowest BCUT2D eigenvalue weighted by Gasteiger charge is -2.11. The van der Waals surface area contributed by atoms with Gasteiger partial charge in [-0.05, 0) is 13.8 Å². The van der Waals surface area contributed by atoms with Crippen LogP contribution in [0.3, 0.4) is 0 Å². The third-order valence-corrected chi connectivity index (χ3v) is 1.99. The fourth-order valence-corrected chi connectivity index (χ4v) is 1.10. The van der Waals surface area contributed by atoms with Crippen LogP contribution in [0.2, 0.25) is 0 Å². The monoisotopic (exact) mass is 153 g/mol. The average molecular weight is 153 g/mol. The number of anilines is 1. The fraction of sp³-hybridized carbons (Fsp3) is 0.625. The van der Waals surface area contributed by atoms with E-state index in [2.05, 4.69) is 16.5 Å². The molecule has 11 heavy (non-hydrogen) atoms. The largest absolute Gasteiger partial charge is 0.348 e. The number of hydrogen-bond donors (Lipinski definition) is 0. The first-order chi connectivity index (χ1) is 5.04. The summed E-state index contributed by atoms with van der Waals surface area (Å²) in [6.07, 6.45) is 0. The predicted octanol–water partition coefficient (Wildman–Crippen LogP) is 1.10. The molecule has 0 aromatic carbocycles. The third kappa shape index (κ3) is 1.23. The zero-order valence-electron chi connectivity index (χ0n) is 7.84. The van der Waals surface area contributed by atoms with Crippen molar-refractivity contribution in [2.75, 3.05) is 19.0 Å². The van der Waals surface area contributed by atoms with Gasteiger partial charge in [-0.25, -0.2) is 4.98 Å². The second-order valence-corrected chi connectivity index (χ2v) is 3.04. The first-order valence-electron chi connectivity index (χ1n) is 3.71. The van der Waals surface area contributed by atoms with Gasteiger partial charge in [-0.1, -0.05) is 0 Å². The zero-order chi connectivity index (χ0) is 8.59. The number of hydrogen-bond acceptors (Lipinski definition) is 2. The molecule has 0 radical (unpaired) electrons. The van der Waals surface area contributed by atoms with Crippen molar-refractivity contribution in [2.45, 2.75) is 13.8 Å². The molecule has 0 saturated heterocycles. The molecule has 1 aromatic rings. The van der Waals surface area contributed by atoms with E-state index in [1.807, 2.05) is 33.0 Å². The van der Waals surface area contributed by atoms with Crippen LogP contribution in [-0.2, 0) is 7.05 Å². The highest BCUT2D eigenvalue weighted by atomic mass is 15.3. The molecule has 0 fully saturated rings. The Labute approximate surface area is 67.7 Å². The normalized spacial score (nSPS) is 10.3. The first kappa shape index (κ1) is 8.11. The van der Waals surface area contributed by atoms with Gasteiger partial charge in [0.05, 0.1) is 5.69 Å². The topological polar surface area (TPSA) is 21.1 Å². The van der Waals surface area contributed by atoms with Crippen molar-refractivity contribution < 1.29 is 0 Å². The lowest BCUT2D eigenvalue weighted by molar-refractivity contribution is 0.839. The Hall–Kier alpha value is -0.990. The molecule has 3 heteroatoms. The van der Waals surface area contributed by atoms with Crippen molar-refractivity contribution >= 4 is 5.95 Å². The van der Waals surface area contributed by atoms with Crippen LogP contribution in [0.15, 0.2) is 0 Å². The van der Waals surface area contributed by atoms with Crippen LogP contribution in [-0.4, -0.2) is 23.6 Å². The van der Waals surface area contributed by atoms with Gasteiger partial charge in [0.25, 0.3) is 0 Å². The number of aryl methyl sites for hydroxylation is 1. The van der Waals surface area contributed by atoms with Crippen molar-refractivity contribution in [3.8, 4) is 0 Å². The van der Waals surface area contributed by atoms with E-state index in [1.165, 1.54) is 5.69 Å². The highest BCUT2D eigenvalue weighted by Gasteiger charge is 2.07. The highest BCUT2D eigenvalue weighted by molar-refractivity contribution is 5.34. The Morgan fingerprint density at radius 3 is 2.00 bits per heavy atom. The Morgan fingerprint density at radius 2 is 1.82 bits per heavy atom. The quantitative estimate of drug-likeness (QED) is 0.602. The Balaban J connectivity index is 3.19. The molecule has 0 spiro atoms. The molecule has 0 amide bonds. The van der Waals surface area contributed by atoms with E-state index in [9.17, 15) is 0 Å². The van der Waals surface area contributed by atoms with Crippen LogP contribution in [0.1, 0.15) is 11.4 Å². The van der Waals surface area contributed by atoms with Gasteiger partial charge >= 0.3 is 0 Å². The Morgan fingerprint density at radius 1 is 1.27 bits per heavy atom. The maximum Gasteiger partial charge on any atom is 0.205 e. The van der Waals surface area contributed by atoms with Crippen LogP contribution in [0.4, 0.5) is 5.95 Å². The molecule has 0 saturated carbocycles. The summed E-state index contributed by atoms with van der Waals surface area (Å²) in [6, 6.07) is 0. The average Bonchev–Trinajstić information content (AvgIpc) is 2.17. The lowest BCUT2D eigenvalue weighted by Crippen LogP contribution is -2.14. The van der Waals surface area contributed by atoms with Gasteiger partial charge in [0.15, 0.2) is 0 Å². The molecule has 3 nitrogen and oxygen atoms in total. The number of rotatable bonds is 1. The van der Waals surface area contributed by atoms with Crippen LogP contribution in [0.5, 0.6) is 0 Å². The molecule has 0 aliphatic carbocycles. The van der Waals surface area contributed by atoms with Crippen molar-refractivity contribution in [3.05, 3.63) is 11.4 Å². The van der Waals surface area contributed by atoms with E-state index < -0.39 is 0 Å². The lowest BCUT2D eigenvalue weighted by atomic mass is 10.4. The van der Waals surface area contributed by atoms with Crippen LogP contribution < -0.4 is 4.90 Å². The summed E-state index contributed by atoms with van der Waals surface area (Å²) < 4.78 is 2.09. The van der Waals surface area contributed by atoms with Crippen LogP contribution >= 0.6 is 0 Å². The molecule has 62 valence electrons. The fourth-order valence-electron chi connectivity index (χ4n) is 1.10. The molecular formula is C8H15N3. The third-order valence-electron chi connectivity index (χ3n) is 1.99. The van der Waals surface area contributed by atoms with Crippen LogP contribution in [0, 0.1) is 13.8 Å². The van der Waals surface area contributed by atoms with Gasteiger partial charge in [-0.15, -0.1) is 0 Å². The van der Waals surface area contributed by atoms with Gasteiger partial charge < -0.3 is 9.47 Å². The molecule has 0 bridgehead atoms. The minimum atomic E-state index is 1.01. The molecule has 0 N–H and O–H groups in total. The van der Waals surface area contributed by atoms with Crippen molar-refractivity contribution in [3.63, 3.8) is 0 Å². The molecular weight excluding hydrogens is 138 g/mol. The summed E-state index contributed by atoms with van der Waals surface area (Å²) in [5, 5.41) is 0. The summed E-state index contributed by atoms with van der Waals surface area (Å²) >= 11 is 0. The molecule has 0 unspecified atom stereocenters. The van der Waals surface area contributed by atoms with E-state index in [1.54, 1.807) is 0 Å². The van der Waals surface area contributed by atoms with Crippen molar-refractivity contribution in [1.29, 1.82) is 0 Å². The van der Waals surface area contributed by atoms with Crippen LogP contribution in [0.25, 0.3) is 0 Å². The molecule has 1 heterocycles. The minimum absolute atomic E-state index is 1.01. The zero-order valence-corrected chi connectivity index (χ0v) is 7.84. The van der Waals surface area contributed by atoms with E-state index in [-0.39, 0.29) is 0 Å². The summed E-state index contributed by atoms with van der Waals surface area (Å²) in [4.78, 5) is 6.41. The van der Waals surface area contributed by atoms with Gasteiger partial charge in [-0.3, -0.25) is 0 Å². The summed E-state index contributed by atoms with van der Waals surface area (Å²) in [5.41, 5.74) is 2.34. The van der Waals surface area contributed by atoms with E-state index in [4.69, 9.17) is 0 Å². The Kier molecular flexibility index (Phi) is 1.89. The summed E-state index contributed by atoms with van der Waals surface area (Å²) in [6.45, 7) is 4.11.